The zero-order valence-electron chi connectivity index (χ0n) is 19.2. The summed E-state index contributed by atoms with van der Waals surface area (Å²) >= 11 is 0. The molecule has 1 heterocycles. The van der Waals surface area contributed by atoms with E-state index >= 15 is 0 Å². The molecule has 4 heteroatoms. The highest BCUT2D eigenvalue weighted by Crippen LogP contribution is 2.67. The Morgan fingerprint density at radius 1 is 1.10 bits per heavy atom. The first-order chi connectivity index (χ1) is 14.5. The molecule has 0 aromatic heterocycles. The van der Waals surface area contributed by atoms with E-state index in [4.69, 9.17) is 9.99 Å². The molecule has 5 rings (SSSR count). The van der Waals surface area contributed by atoms with Gasteiger partial charge >= 0.3 is 0 Å². The van der Waals surface area contributed by atoms with Crippen LogP contribution in [0.3, 0.4) is 0 Å². The molecule has 0 aromatic rings. The first-order valence-corrected chi connectivity index (χ1v) is 12.8. The van der Waals surface area contributed by atoms with Crippen molar-refractivity contribution in [3.63, 3.8) is 0 Å². The molecular weight excluding hydrogens is 372 g/mol. The Morgan fingerprint density at radius 3 is 2.70 bits per heavy atom. The molecule has 2 N–H and O–H groups in total. The van der Waals surface area contributed by atoms with Crippen LogP contribution in [-0.2, 0) is 4.84 Å². The van der Waals surface area contributed by atoms with E-state index in [9.17, 15) is 5.11 Å². The average Bonchev–Trinajstić information content (AvgIpc) is 3.39. The van der Waals surface area contributed by atoms with Gasteiger partial charge in [-0.3, -0.25) is 0 Å². The van der Waals surface area contributed by atoms with Crippen molar-refractivity contribution in [2.75, 3.05) is 19.7 Å². The van der Waals surface area contributed by atoms with Crippen molar-refractivity contribution >= 4 is 5.71 Å². The predicted octanol–water partition coefficient (Wildman–Crippen LogP) is 4.93. The summed E-state index contributed by atoms with van der Waals surface area (Å²) in [5, 5.41) is 19.0. The van der Waals surface area contributed by atoms with Crippen LogP contribution in [-0.4, -0.2) is 36.6 Å². The Labute approximate surface area is 182 Å². The highest BCUT2D eigenvalue weighted by molar-refractivity contribution is 5.87. The number of allylic oxidation sites excluding steroid dienone is 1. The minimum absolute atomic E-state index is 0.1000. The summed E-state index contributed by atoms with van der Waals surface area (Å²) in [7, 11) is 0. The van der Waals surface area contributed by atoms with Crippen LogP contribution < -0.4 is 5.32 Å². The summed E-state index contributed by atoms with van der Waals surface area (Å²) in [6.45, 7) is 11.6. The summed E-state index contributed by atoms with van der Waals surface area (Å²) in [6.07, 6.45) is 12.2. The SMILES string of the molecule is C=C1CCC2C3CCC4[C@@H](CC)C(=NOC5CCNC5)CC[C@]4(CO)C3CC[C@]12C. The Bertz CT molecular complexity index is 699. The molecule has 30 heavy (non-hydrogen) atoms. The van der Waals surface area contributed by atoms with Crippen LogP contribution >= 0.6 is 0 Å². The number of hydrogen-bond acceptors (Lipinski definition) is 4. The molecule has 4 saturated carbocycles. The highest BCUT2D eigenvalue weighted by atomic mass is 16.6. The number of rotatable bonds is 4. The lowest BCUT2D eigenvalue weighted by Gasteiger charge is -2.62. The summed E-state index contributed by atoms with van der Waals surface area (Å²) < 4.78 is 0. The van der Waals surface area contributed by atoms with Crippen LogP contribution in [0.4, 0.5) is 0 Å². The maximum atomic E-state index is 10.9. The van der Waals surface area contributed by atoms with Gasteiger partial charge in [0, 0.05) is 30.9 Å². The van der Waals surface area contributed by atoms with Crippen molar-refractivity contribution < 1.29 is 9.94 Å². The molecule has 8 atom stereocenters. The largest absolute Gasteiger partial charge is 0.396 e. The Morgan fingerprint density at radius 2 is 1.97 bits per heavy atom. The minimum atomic E-state index is 0.1000. The van der Waals surface area contributed by atoms with E-state index in [1.54, 1.807) is 0 Å². The molecular formula is C26H42N2O2. The van der Waals surface area contributed by atoms with Crippen LogP contribution in [0.1, 0.15) is 78.1 Å². The van der Waals surface area contributed by atoms with Gasteiger partial charge in [-0.15, -0.1) is 0 Å². The summed E-state index contributed by atoms with van der Waals surface area (Å²) in [5.41, 5.74) is 3.25. The molecule has 5 fully saturated rings. The van der Waals surface area contributed by atoms with Crippen molar-refractivity contribution in [3.8, 4) is 0 Å². The molecule has 0 spiro atoms. The van der Waals surface area contributed by atoms with Gasteiger partial charge in [0.15, 0.2) is 0 Å². The fraction of sp³-hybridized carbons (Fsp3) is 0.885. The molecule has 5 unspecified atom stereocenters. The number of nitrogens with one attached hydrogen (secondary N) is 1. The lowest BCUT2D eigenvalue weighted by atomic mass is 9.43. The van der Waals surface area contributed by atoms with Gasteiger partial charge in [0.25, 0.3) is 0 Å². The van der Waals surface area contributed by atoms with E-state index in [-0.39, 0.29) is 11.5 Å². The number of aliphatic hydroxyl groups is 1. The maximum absolute atomic E-state index is 10.9. The van der Waals surface area contributed by atoms with E-state index in [0.717, 1.165) is 50.6 Å². The van der Waals surface area contributed by atoms with E-state index in [0.29, 0.717) is 29.8 Å². The third-order valence-electron chi connectivity index (χ3n) is 10.5. The standard InChI is InChI=1S/C26H42N2O2/c1-4-19-22-8-6-20-21-7-5-17(2)25(21,3)12-9-23(20)26(22,16-29)13-10-24(19)28-30-18-11-14-27-15-18/h18-23,27,29H,2,4-16H2,1,3H3/t18?,19-,20?,21?,22?,23?,25-,26-/m1/s1. The molecule has 0 radical (unpaired) electrons. The fourth-order valence-corrected chi connectivity index (χ4v) is 8.80. The topological polar surface area (TPSA) is 53.8 Å². The number of hydrogen-bond donors (Lipinski definition) is 2. The predicted molar refractivity (Wildman–Crippen MR) is 121 cm³/mol. The van der Waals surface area contributed by atoms with Gasteiger partial charge in [0.05, 0.1) is 5.71 Å². The van der Waals surface area contributed by atoms with Crippen LogP contribution in [0.5, 0.6) is 0 Å². The van der Waals surface area contributed by atoms with Crippen molar-refractivity contribution in [2.24, 2.45) is 45.6 Å². The zero-order chi connectivity index (χ0) is 20.9. The van der Waals surface area contributed by atoms with E-state index in [1.807, 2.05) is 0 Å². The van der Waals surface area contributed by atoms with E-state index < -0.39 is 0 Å². The summed E-state index contributed by atoms with van der Waals surface area (Å²) in [4.78, 5) is 5.96. The van der Waals surface area contributed by atoms with Crippen LogP contribution in [0, 0.1) is 40.4 Å². The second kappa shape index (κ2) is 7.92. The van der Waals surface area contributed by atoms with Gasteiger partial charge in [-0.1, -0.05) is 31.2 Å². The van der Waals surface area contributed by atoms with Gasteiger partial charge < -0.3 is 15.3 Å². The lowest BCUT2D eigenvalue weighted by Crippen LogP contribution is -2.58. The number of fused-ring (bicyclic) bond motifs is 5. The van der Waals surface area contributed by atoms with Crippen LogP contribution in [0.2, 0.25) is 0 Å². The Balaban J connectivity index is 1.40. The van der Waals surface area contributed by atoms with Crippen molar-refractivity contribution in [1.29, 1.82) is 0 Å². The first-order valence-electron chi connectivity index (χ1n) is 12.8. The zero-order valence-corrected chi connectivity index (χ0v) is 19.2. The second-order valence-corrected chi connectivity index (χ2v) is 11.4. The van der Waals surface area contributed by atoms with Crippen LogP contribution in [0.15, 0.2) is 17.3 Å². The van der Waals surface area contributed by atoms with Gasteiger partial charge in [0.1, 0.15) is 6.10 Å². The van der Waals surface area contributed by atoms with Gasteiger partial charge in [-0.2, -0.15) is 0 Å². The smallest absolute Gasteiger partial charge is 0.141 e. The maximum Gasteiger partial charge on any atom is 0.141 e. The molecule has 4 nitrogen and oxygen atoms in total. The quantitative estimate of drug-likeness (QED) is 0.507. The third-order valence-corrected chi connectivity index (χ3v) is 10.5. The second-order valence-electron chi connectivity index (χ2n) is 11.4. The Kier molecular flexibility index (Phi) is 5.54. The summed E-state index contributed by atoms with van der Waals surface area (Å²) in [5.74, 6) is 3.30. The first kappa shape index (κ1) is 21.0. The van der Waals surface area contributed by atoms with Crippen molar-refractivity contribution in [2.45, 2.75) is 84.2 Å². The molecule has 0 aromatic carbocycles. The normalized spacial score (nSPS) is 49.6. The third kappa shape index (κ3) is 3.03. The highest BCUT2D eigenvalue weighted by Gasteiger charge is 2.61. The average molecular weight is 415 g/mol. The van der Waals surface area contributed by atoms with Gasteiger partial charge in [0.2, 0.25) is 0 Å². The molecule has 1 saturated heterocycles. The van der Waals surface area contributed by atoms with Crippen LogP contribution in [0.25, 0.3) is 0 Å². The van der Waals surface area contributed by atoms with Crippen molar-refractivity contribution in [3.05, 3.63) is 12.2 Å². The molecule has 0 bridgehead atoms. The van der Waals surface area contributed by atoms with Gasteiger partial charge in [-0.05, 0) is 93.4 Å². The van der Waals surface area contributed by atoms with E-state index in [2.05, 4.69) is 25.7 Å². The minimum Gasteiger partial charge on any atom is -0.396 e. The number of aliphatic hydroxyl groups excluding tert-OH is 1. The number of oxime groups is 1. The Hall–Kier alpha value is -0.870. The molecule has 5 aliphatic rings. The molecule has 1 aliphatic heterocycles. The van der Waals surface area contributed by atoms with E-state index in [1.165, 1.54) is 49.8 Å². The summed E-state index contributed by atoms with van der Waals surface area (Å²) in [6, 6.07) is 0. The fourth-order valence-electron chi connectivity index (χ4n) is 8.80. The molecule has 4 aliphatic carbocycles. The number of nitrogens with zero attached hydrogens (tertiary/aromatic N) is 1. The van der Waals surface area contributed by atoms with Gasteiger partial charge in [-0.25, -0.2) is 0 Å². The van der Waals surface area contributed by atoms with Crippen molar-refractivity contribution in [1.82, 2.24) is 5.32 Å². The molecule has 168 valence electrons. The molecule has 0 amide bonds. The monoisotopic (exact) mass is 414 g/mol. The lowest BCUT2D eigenvalue weighted by molar-refractivity contribution is -0.131.